The molecule has 0 aliphatic heterocycles. The van der Waals surface area contributed by atoms with Crippen LogP contribution in [-0.2, 0) is 11.2 Å². The highest BCUT2D eigenvalue weighted by Gasteiger charge is 2.04. The van der Waals surface area contributed by atoms with Crippen LogP contribution in [0.3, 0.4) is 0 Å². The Labute approximate surface area is 161 Å². The lowest BCUT2D eigenvalue weighted by molar-refractivity contribution is -0.107. The van der Waals surface area contributed by atoms with E-state index in [1.165, 1.54) is 22.0 Å². The predicted octanol–water partition coefficient (Wildman–Crippen LogP) is 6.50. The van der Waals surface area contributed by atoms with Gasteiger partial charge in [-0.15, -0.1) is 0 Å². The monoisotopic (exact) mass is 499 g/mol. The molecule has 1 N–H and O–H groups in total. The molecule has 3 rings (SSSR count). The first kappa shape index (κ1) is 18.4. The Kier molecular flexibility index (Phi) is 6.62. The van der Waals surface area contributed by atoms with Crippen molar-refractivity contribution < 1.29 is 4.79 Å². The molecule has 0 bridgehead atoms. The van der Waals surface area contributed by atoms with Crippen LogP contribution in [0.25, 0.3) is 10.9 Å². The Morgan fingerprint density at radius 1 is 0.957 bits per heavy atom. The highest BCUT2D eigenvalue weighted by Crippen LogP contribution is 2.27. The van der Waals surface area contributed by atoms with Crippen LogP contribution in [-0.4, -0.2) is 11.3 Å². The number of benzene rings is 2. The van der Waals surface area contributed by atoms with Crippen LogP contribution >= 0.6 is 47.8 Å². The second kappa shape index (κ2) is 8.27. The topological polar surface area (TPSA) is 32.9 Å². The van der Waals surface area contributed by atoms with Gasteiger partial charge in [-0.2, -0.15) is 0 Å². The van der Waals surface area contributed by atoms with Gasteiger partial charge in [-0.3, -0.25) is 0 Å². The third kappa shape index (κ3) is 4.78. The maximum absolute atomic E-state index is 10.3. The molecule has 120 valence electrons. The van der Waals surface area contributed by atoms with Gasteiger partial charge >= 0.3 is 0 Å². The van der Waals surface area contributed by atoms with Crippen molar-refractivity contribution >= 4 is 65.0 Å². The second-order valence-electron chi connectivity index (χ2n) is 5.26. The van der Waals surface area contributed by atoms with Gasteiger partial charge in [0.25, 0.3) is 0 Å². The lowest BCUT2D eigenvalue weighted by atomic mass is 10.1. The molecule has 0 aliphatic carbocycles. The Bertz CT molecular complexity index is 816. The molecular formula is C18H16Br3NO. The van der Waals surface area contributed by atoms with Crippen molar-refractivity contribution in [2.75, 3.05) is 0 Å². The zero-order chi connectivity index (χ0) is 17.0. The summed E-state index contributed by atoms with van der Waals surface area (Å²) in [5, 5.41) is 1.25. The van der Waals surface area contributed by atoms with Gasteiger partial charge in [0, 0.05) is 36.9 Å². The summed E-state index contributed by atoms with van der Waals surface area (Å²) >= 11 is 10.3. The van der Waals surface area contributed by atoms with Gasteiger partial charge in [-0.05, 0) is 60.9 Å². The number of hydrogen-bond donors (Lipinski definition) is 1. The SMILES string of the molecule is Cc1cc(Br)c(CC=O)c(Br)c1.Cc1cc(Br)c2cc[nH]c2c1. The summed E-state index contributed by atoms with van der Waals surface area (Å²) < 4.78 is 3.14. The molecular weight excluding hydrogens is 486 g/mol. The van der Waals surface area contributed by atoms with Crippen LogP contribution in [0.5, 0.6) is 0 Å². The number of carbonyl (C=O) groups excluding carboxylic acids is 1. The van der Waals surface area contributed by atoms with E-state index in [1.54, 1.807) is 0 Å². The van der Waals surface area contributed by atoms with E-state index in [0.29, 0.717) is 6.42 Å². The lowest BCUT2D eigenvalue weighted by Gasteiger charge is -2.04. The molecule has 0 radical (unpaired) electrons. The largest absolute Gasteiger partial charge is 0.361 e. The fraction of sp³-hybridized carbons (Fsp3) is 0.167. The van der Waals surface area contributed by atoms with Crippen molar-refractivity contribution in [2.45, 2.75) is 20.3 Å². The molecule has 5 heteroatoms. The van der Waals surface area contributed by atoms with E-state index in [1.807, 2.05) is 25.3 Å². The number of hydrogen-bond acceptors (Lipinski definition) is 1. The van der Waals surface area contributed by atoms with E-state index >= 15 is 0 Å². The maximum atomic E-state index is 10.3. The number of aromatic nitrogens is 1. The molecule has 0 spiro atoms. The van der Waals surface area contributed by atoms with E-state index in [-0.39, 0.29) is 0 Å². The number of carbonyl (C=O) groups is 1. The molecule has 0 aliphatic rings. The van der Waals surface area contributed by atoms with Crippen LogP contribution in [0.1, 0.15) is 16.7 Å². The minimum atomic E-state index is 0.446. The first-order valence-electron chi connectivity index (χ1n) is 7.03. The van der Waals surface area contributed by atoms with Crippen molar-refractivity contribution in [3.05, 3.63) is 66.6 Å². The summed E-state index contributed by atoms with van der Waals surface area (Å²) in [4.78, 5) is 13.5. The van der Waals surface area contributed by atoms with E-state index in [2.05, 4.69) is 77.9 Å². The van der Waals surface area contributed by atoms with Gasteiger partial charge in [-0.25, -0.2) is 0 Å². The van der Waals surface area contributed by atoms with Crippen LogP contribution in [0, 0.1) is 13.8 Å². The van der Waals surface area contributed by atoms with Gasteiger partial charge in [0.05, 0.1) is 0 Å². The smallest absolute Gasteiger partial charge is 0.124 e. The van der Waals surface area contributed by atoms with Gasteiger partial charge < -0.3 is 9.78 Å². The number of aldehydes is 1. The van der Waals surface area contributed by atoms with E-state index < -0.39 is 0 Å². The number of halogens is 3. The summed E-state index contributed by atoms with van der Waals surface area (Å²) in [5.41, 5.74) is 4.64. The van der Waals surface area contributed by atoms with E-state index in [4.69, 9.17) is 0 Å². The van der Waals surface area contributed by atoms with Crippen LogP contribution in [0.2, 0.25) is 0 Å². The Balaban J connectivity index is 0.000000167. The summed E-state index contributed by atoms with van der Waals surface area (Å²) in [5.74, 6) is 0. The molecule has 3 aromatic rings. The lowest BCUT2D eigenvalue weighted by Crippen LogP contribution is -1.90. The van der Waals surface area contributed by atoms with Crippen LogP contribution in [0.15, 0.2) is 49.9 Å². The molecule has 1 heterocycles. The highest BCUT2D eigenvalue weighted by atomic mass is 79.9. The number of rotatable bonds is 2. The predicted molar refractivity (Wildman–Crippen MR) is 107 cm³/mol. The van der Waals surface area contributed by atoms with Gasteiger partial charge in [0.2, 0.25) is 0 Å². The summed E-state index contributed by atoms with van der Waals surface area (Å²) in [6.07, 6.45) is 3.30. The zero-order valence-corrected chi connectivity index (χ0v) is 17.5. The standard InChI is InChI=1S/C9H8Br2O.C9H8BrN/c1-6-4-8(10)7(2-3-12)9(11)5-6;1-6-4-8(10)7-2-3-11-9(7)5-6/h3-5H,2H2,1H3;2-5,11H,1H3. The number of nitrogens with one attached hydrogen (secondary N) is 1. The molecule has 0 fully saturated rings. The summed E-state index contributed by atoms with van der Waals surface area (Å²) in [7, 11) is 0. The number of H-pyrrole nitrogens is 1. The van der Waals surface area contributed by atoms with Gasteiger partial charge in [0.15, 0.2) is 0 Å². The number of aromatic amines is 1. The molecule has 2 aromatic carbocycles. The Morgan fingerprint density at radius 2 is 1.52 bits per heavy atom. The highest BCUT2D eigenvalue weighted by molar-refractivity contribution is 9.11. The Morgan fingerprint density at radius 3 is 2.13 bits per heavy atom. The average molecular weight is 502 g/mol. The third-order valence-corrected chi connectivity index (χ3v) is 5.41. The summed E-state index contributed by atoms with van der Waals surface area (Å²) in [6, 6.07) is 10.3. The first-order chi connectivity index (χ1) is 10.9. The van der Waals surface area contributed by atoms with E-state index in [9.17, 15) is 4.79 Å². The van der Waals surface area contributed by atoms with Crippen molar-refractivity contribution in [3.8, 4) is 0 Å². The maximum Gasteiger partial charge on any atom is 0.124 e. The fourth-order valence-electron chi connectivity index (χ4n) is 2.27. The normalized spacial score (nSPS) is 10.3. The van der Waals surface area contributed by atoms with Crippen LogP contribution < -0.4 is 0 Å². The average Bonchev–Trinajstić information content (AvgIpc) is 2.92. The summed E-state index contributed by atoms with van der Waals surface area (Å²) in [6.45, 7) is 4.10. The molecule has 1 aromatic heterocycles. The molecule has 0 atom stereocenters. The second-order valence-corrected chi connectivity index (χ2v) is 7.83. The minimum Gasteiger partial charge on any atom is -0.361 e. The molecule has 0 saturated heterocycles. The van der Waals surface area contributed by atoms with Crippen molar-refractivity contribution in [1.29, 1.82) is 0 Å². The van der Waals surface area contributed by atoms with Gasteiger partial charge in [0.1, 0.15) is 6.29 Å². The fourth-order valence-corrected chi connectivity index (χ4v) is 4.71. The third-order valence-electron chi connectivity index (χ3n) is 3.34. The quantitative estimate of drug-likeness (QED) is 0.399. The molecule has 2 nitrogen and oxygen atoms in total. The molecule has 0 unspecified atom stereocenters. The number of fused-ring (bicyclic) bond motifs is 1. The van der Waals surface area contributed by atoms with Gasteiger partial charge in [-0.1, -0.05) is 47.8 Å². The van der Waals surface area contributed by atoms with Crippen molar-refractivity contribution in [2.24, 2.45) is 0 Å². The number of aryl methyl sites for hydroxylation is 2. The molecule has 0 amide bonds. The minimum absolute atomic E-state index is 0.446. The van der Waals surface area contributed by atoms with Crippen molar-refractivity contribution in [3.63, 3.8) is 0 Å². The zero-order valence-electron chi connectivity index (χ0n) is 12.8. The van der Waals surface area contributed by atoms with Crippen LogP contribution in [0.4, 0.5) is 0 Å². The Hall–Kier alpha value is -0.910. The van der Waals surface area contributed by atoms with Crippen molar-refractivity contribution in [1.82, 2.24) is 4.98 Å². The first-order valence-corrected chi connectivity index (χ1v) is 9.41. The molecule has 0 saturated carbocycles. The molecule has 23 heavy (non-hydrogen) atoms. The van der Waals surface area contributed by atoms with E-state index in [0.717, 1.165) is 25.3 Å².